The van der Waals surface area contributed by atoms with Gasteiger partial charge in [-0.05, 0) is 58.9 Å². The van der Waals surface area contributed by atoms with Gasteiger partial charge in [-0.1, -0.05) is 121 Å². The number of para-hydroxylation sites is 1. The molecular weight excluding hydrogens is 438 g/mol. The van der Waals surface area contributed by atoms with Crippen molar-refractivity contribution in [3.63, 3.8) is 0 Å². The van der Waals surface area contributed by atoms with Crippen molar-refractivity contribution in [3.05, 3.63) is 146 Å². The van der Waals surface area contributed by atoms with Crippen LogP contribution in [0.5, 0.6) is 0 Å². The second-order valence-corrected chi connectivity index (χ2v) is 13.0. The zero-order valence-electron chi connectivity index (χ0n) is 20.4. The molecule has 35 heavy (non-hydrogen) atoms. The van der Waals surface area contributed by atoms with Gasteiger partial charge in [0.15, 0.2) is 8.07 Å². The summed E-state index contributed by atoms with van der Waals surface area (Å²) in [6.45, 7) is 4.50. The van der Waals surface area contributed by atoms with Gasteiger partial charge in [-0.2, -0.15) is 0 Å². The fourth-order valence-electron chi connectivity index (χ4n) is 5.27. The molecule has 5 aromatic rings. The van der Waals surface area contributed by atoms with E-state index < -0.39 is 8.07 Å². The lowest BCUT2D eigenvalue weighted by Gasteiger charge is -2.35. The fourth-order valence-corrected chi connectivity index (χ4v) is 10.0. The summed E-state index contributed by atoms with van der Waals surface area (Å²) in [4.78, 5) is 2.40. The van der Waals surface area contributed by atoms with Gasteiger partial charge in [-0.3, -0.25) is 0 Å². The van der Waals surface area contributed by atoms with Gasteiger partial charge in [0.2, 0.25) is 0 Å². The third-order valence-electron chi connectivity index (χ3n) is 6.75. The normalized spacial score (nSPS) is 11.4. The lowest BCUT2D eigenvalue weighted by Crippen LogP contribution is -2.74. The maximum absolute atomic E-state index is 2.48. The molecule has 0 unspecified atom stereocenters. The Morgan fingerprint density at radius 3 is 1.09 bits per heavy atom. The van der Waals surface area contributed by atoms with Crippen LogP contribution >= 0.6 is 0 Å². The van der Waals surface area contributed by atoms with Crippen molar-refractivity contribution in [2.24, 2.45) is 0 Å². The zero-order chi connectivity index (χ0) is 24.1. The summed E-state index contributed by atoms with van der Waals surface area (Å²) < 4.78 is 0. The molecule has 0 saturated heterocycles. The van der Waals surface area contributed by atoms with E-state index in [0.29, 0.717) is 6.04 Å². The average molecular weight is 470 g/mol. The first-order chi connectivity index (χ1) is 17.2. The fraction of sp³-hybridized carbons (Fsp3) is 0.0909. The van der Waals surface area contributed by atoms with Crippen LogP contribution in [0.25, 0.3) is 0 Å². The van der Waals surface area contributed by atoms with Crippen molar-refractivity contribution in [2.75, 3.05) is 4.90 Å². The summed E-state index contributed by atoms with van der Waals surface area (Å²) in [6.07, 6.45) is 0. The van der Waals surface area contributed by atoms with Gasteiger partial charge in [0.1, 0.15) is 0 Å². The van der Waals surface area contributed by atoms with E-state index in [1.807, 2.05) is 0 Å². The van der Waals surface area contributed by atoms with Crippen LogP contribution < -0.4 is 25.6 Å². The topological polar surface area (TPSA) is 3.24 Å². The highest BCUT2D eigenvalue weighted by Crippen LogP contribution is 2.27. The zero-order valence-corrected chi connectivity index (χ0v) is 21.4. The van der Waals surface area contributed by atoms with Gasteiger partial charge in [0.05, 0.1) is 0 Å². The average Bonchev–Trinajstić information content (AvgIpc) is 2.92. The summed E-state index contributed by atoms with van der Waals surface area (Å²) >= 11 is 0. The van der Waals surface area contributed by atoms with Gasteiger partial charge in [0.25, 0.3) is 0 Å². The molecule has 5 rings (SSSR count). The minimum atomic E-state index is -2.48. The summed E-state index contributed by atoms with van der Waals surface area (Å²) in [5.74, 6) is 0. The molecule has 1 nitrogen and oxygen atoms in total. The molecule has 0 N–H and O–H groups in total. The number of hydrogen-bond donors (Lipinski definition) is 0. The number of nitrogens with zero attached hydrogens (tertiary/aromatic N) is 1. The Morgan fingerprint density at radius 2 is 0.714 bits per heavy atom. The van der Waals surface area contributed by atoms with E-state index in [1.54, 1.807) is 0 Å². The summed E-state index contributed by atoms with van der Waals surface area (Å²) in [5.41, 5.74) is 2.43. The van der Waals surface area contributed by atoms with Crippen LogP contribution in [0, 0.1) is 0 Å². The highest BCUT2D eigenvalue weighted by atomic mass is 28.3. The molecule has 0 atom stereocenters. The lowest BCUT2D eigenvalue weighted by atomic mass is 10.2. The molecular formula is C33H31NSi. The molecule has 0 amide bonds. The molecule has 0 saturated carbocycles. The van der Waals surface area contributed by atoms with Crippen LogP contribution in [-0.4, -0.2) is 14.1 Å². The lowest BCUT2D eigenvalue weighted by molar-refractivity contribution is 0.789. The molecule has 0 spiro atoms. The van der Waals surface area contributed by atoms with E-state index in [9.17, 15) is 0 Å². The first-order valence-corrected chi connectivity index (χ1v) is 14.3. The van der Waals surface area contributed by atoms with Crippen molar-refractivity contribution >= 4 is 40.2 Å². The Morgan fingerprint density at radius 1 is 0.400 bits per heavy atom. The van der Waals surface area contributed by atoms with E-state index in [-0.39, 0.29) is 0 Å². The Bertz CT molecular complexity index is 1240. The minimum Gasteiger partial charge on any atom is -0.339 e. The van der Waals surface area contributed by atoms with E-state index in [2.05, 4.69) is 164 Å². The van der Waals surface area contributed by atoms with E-state index in [1.165, 1.54) is 32.1 Å². The van der Waals surface area contributed by atoms with Crippen LogP contribution in [0.2, 0.25) is 0 Å². The molecule has 0 aliphatic carbocycles. The molecule has 172 valence electrons. The first-order valence-electron chi connectivity index (χ1n) is 12.3. The Labute approximate surface area is 210 Å². The Hall–Kier alpha value is -3.88. The molecule has 0 radical (unpaired) electrons. The molecule has 0 heterocycles. The van der Waals surface area contributed by atoms with Crippen LogP contribution in [0.15, 0.2) is 146 Å². The van der Waals surface area contributed by atoms with Crippen molar-refractivity contribution in [3.8, 4) is 0 Å². The standard InChI is InChI=1S/C33H31NSi/c1-27(2)34(28-15-7-3-8-16-28)29-23-25-33(26-24-29)35(30-17-9-4-10-18-30,31-19-11-5-12-20-31)32-21-13-6-14-22-32/h3-27H,1-2H3. The molecule has 0 bridgehead atoms. The smallest absolute Gasteiger partial charge is 0.179 e. The maximum atomic E-state index is 2.40. The molecule has 5 aromatic carbocycles. The molecule has 0 aliphatic rings. The van der Waals surface area contributed by atoms with E-state index in [4.69, 9.17) is 0 Å². The van der Waals surface area contributed by atoms with Crippen LogP contribution in [0.3, 0.4) is 0 Å². The highest BCUT2D eigenvalue weighted by molar-refractivity contribution is 7.19. The summed E-state index contributed by atoms with van der Waals surface area (Å²) in [5, 5.41) is 5.58. The van der Waals surface area contributed by atoms with Crippen molar-refractivity contribution in [1.29, 1.82) is 0 Å². The molecule has 0 fully saturated rings. The van der Waals surface area contributed by atoms with Gasteiger partial charge in [-0.15, -0.1) is 0 Å². The molecule has 2 heteroatoms. The van der Waals surface area contributed by atoms with Crippen molar-refractivity contribution in [1.82, 2.24) is 0 Å². The second kappa shape index (κ2) is 10.2. The minimum absolute atomic E-state index is 0.350. The largest absolute Gasteiger partial charge is 0.339 e. The van der Waals surface area contributed by atoms with Gasteiger partial charge in [0, 0.05) is 17.4 Å². The number of hydrogen-bond acceptors (Lipinski definition) is 1. The molecule has 0 aromatic heterocycles. The van der Waals surface area contributed by atoms with E-state index in [0.717, 1.165) is 0 Å². The third-order valence-corrected chi connectivity index (χ3v) is 11.5. The maximum Gasteiger partial charge on any atom is 0.179 e. The van der Waals surface area contributed by atoms with Crippen LogP contribution in [-0.2, 0) is 0 Å². The van der Waals surface area contributed by atoms with Crippen molar-refractivity contribution < 1.29 is 0 Å². The Balaban J connectivity index is 1.72. The first kappa shape index (κ1) is 22.9. The predicted molar refractivity (Wildman–Crippen MR) is 154 cm³/mol. The summed E-state index contributed by atoms with van der Waals surface area (Å²) in [7, 11) is -2.48. The van der Waals surface area contributed by atoms with Gasteiger partial charge in [-0.25, -0.2) is 0 Å². The van der Waals surface area contributed by atoms with Gasteiger partial charge < -0.3 is 4.90 Å². The predicted octanol–water partition coefficient (Wildman–Crippen LogP) is 5.61. The number of rotatable bonds is 7. The highest BCUT2D eigenvalue weighted by Gasteiger charge is 2.41. The quantitative estimate of drug-likeness (QED) is 0.221. The van der Waals surface area contributed by atoms with Gasteiger partial charge >= 0.3 is 0 Å². The van der Waals surface area contributed by atoms with Crippen LogP contribution in [0.4, 0.5) is 11.4 Å². The number of anilines is 2. The van der Waals surface area contributed by atoms with Crippen LogP contribution in [0.1, 0.15) is 13.8 Å². The third kappa shape index (κ3) is 4.33. The summed E-state index contributed by atoms with van der Waals surface area (Å²) in [6, 6.07) is 53.6. The molecule has 0 aliphatic heterocycles. The number of benzene rings is 5. The van der Waals surface area contributed by atoms with E-state index >= 15 is 0 Å². The van der Waals surface area contributed by atoms with Crippen molar-refractivity contribution in [2.45, 2.75) is 19.9 Å². The monoisotopic (exact) mass is 469 g/mol. The second-order valence-electron chi connectivity index (χ2n) is 9.19. The Kier molecular flexibility index (Phi) is 6.65. The SMILES string of the molecule is CC(C)N(c1ccccc1)c1ccc([Si](c2ccccc2)(c2ccccc2)c2ccccc2)cc1.